The number of nitro groups is 1. The summed E-state index contributed by atoms with van der Waals surface area (Å²) in [5, 5.41) is 10.7. The molecule has 3 aromatic carbocycles. The predicted octanol–water partition coefficient (Wildman–Crippen LogP) is 4.58. The van der Waals surface area contributed by atoms with Gasteiger partial charge in [0, 0.05) is 18.2 Å². The van der Waals surface area contributed by atoms with E-state index >= 15 is 0 Å². The van der Waals surface area contributed by atoms with Gasteiger partial charge in [0.2, 0.25) is 5.78 Å². The molecule has 1 heterocycles. The molecule has 0 saturated heterocycles. The SMILES string of the molecule is COC(=O)c1ccc(C=C2Oc3cc(OCc4ccc([N+](=O)[O-])cc4)ccc3C2=O)cc1. The highest BCUT2D eigenvalue weighted by atomic mass is 16.6. The highest BCUT2D eigenvalue weighted by Gasteiger charge is 2.27. The topological polar surface area (TPSA) is 105 Å². The van der Waals surface area contributed by atoms with Crippen LogP contribution in [0.2, 0.25) is 0 Å². The molecule has 0 unspecified atom stereocenters. The van der Waals surface area contributed by atoms with Crippen LogP contribution in [0.5, 0.6) is 11.5 Å². The van der Waals surface area contributed by atoms with Crippen LogP contribution in [0.3, 0.4) is 0 Å². The Morgan fingerprint density at radius 2 is 1.78 bits per heavy atom. The number of nitro benzene ring substituents is 1. The Kier molecular flexibility index (Phi) is 5.67. The molecule has 0 aromatic heterocycles. The van der Waals surface area contributed by atoms with Gasteiger partial charge in [0.15, 0.2) is 5.76 Å². The summed E-state index contributed by atoms with van der Waals surface area (Å²) in [4.78, 5) is 34.4. The van der Waals surface area contributed by atoms with Gasteiger partial charge in [0.05, 0.1) is 23.2 Å². The lowest BCUT2D eigenvalue weighted by Crippen LogP contribution is -2.01. The second kappa shape index (κ2) is 8.73. The first kappa shape index (κ1) is 20.8. The van der Waals surface area contributed by atoms with Gasteiger partial charge in [-0.15, -0.1) is 0 Å². The summed E-state index contributed by atoms with van der Waals surface area (Å²) < 4.78 is 16.1. The Labute approximate surface area is 182 Å². The van der Waals surface area contributed by atoms with Gasteiger partial charge in [-0.05, 0) is 53.6 Å². The fourth-order valence-electron chi connectivity index (χ4n) is 3.12. The normalized spacial score (nSPS) is 13.4. The molecule has 8 heteroatoms. The van der Waals surface area contributed by atoms with Gasteiger partial charge >= 0.3 is 5.97 Å². The number of rotatable bonds is 6. The minimum absolute atomic E-state index is 0.0115. The maximum absolute atomic E-state index is 12.6. The number of non-ortho nitro benzene ring substituents is 1. The average Bonchev–Trinajstić information content (AvgIpc) is 3.12. The molecule has 1 aliphatic rings. The van der Waals surface area contributed by atoms with Crippen molar-refractivity contribution in [1.82, 2.24) is 0 Å². The molecule has 0 spiro atoms. The van der Waals surface area contributed by atoms with E-state index in [1.54, 1.807) is 60.7 Å². The third-order valence-corrected chi connectivity index (χ3v) is 4.82. The van der Waals surface area contributed by atoms with Gasteiger partial charge in [0.1, 0.15) is 18.1 Å². The number of Topliss-reactive ketones (excluding diaryl/α,β-unsaturated/α-hetero) is 1. The molecule has 4 rings (SSSR count). The van der Waals surface area contributed by atoms with Crippen LogP contribution in [0.4, 0.5) is 5.69 Å². The fraction of sp³-hybridized carbons (Fsp3) is 0.0833. The Bertz CT molecular complexity index is 1230. The van der Waals surface area contributed by atoms with Crippen LogP contribution in [0.25, 0.3) is 6.08 Å². The monoisotopic (exact) mass is 431 g/mol. The molecule has 0 amide bonds. The van der Waals surface area contributed by atoms with Crippen LogP contribution in [0, 0.1) is 10.1 Å². The van der Waals surface area contributed by atoms with Gasteiger partial charge in [-0.1, -0.05) is 12.1 Å². The van der Waals surface area contributed by atoms with Crippen molar-refractivity contribution in [2.75, 3.05) is 7.11 Å². The summed E-state index contributed by atoms with van der Waals surface area (Å²) in [5.74, 6) is 0.357. The van der Waals surface area contributed by atoms with Crippen molar-refractivity contribution >= 4 is 23.5 Å². The molecule has 0 atom stereocenters. The molecule has 0 saturated carbocycles. The molecule has 0 fully saturated rings. The lowest BCUT2D eigenvalue weighted by molar-refractivity contribution is -0.384. The average molecular weight is 431 g/mol. The minimum Gasteiger partial charge on any atom is -0.489 e. The number of hydrogen-bond acceptors (Lipinski definition) is 7. The highest BCUT2D eigenvalue weighted by Crippen LogP contribution is 2.35. The van der Waals surface area contributed by atoms with Crippen molar-refractivity contribution in [1.29, 1.82) is 0 Å². The molecule has 0 bridgehead atoms. The van der Waals surface area contributed by atoms with E-state index in [1.807, 2.05) is 0 Å². The number of fused-ring (bicyclic) bond motifs is 1. The molecule has 0 aliphatic carbocycles. The summed E-state index contributed by atoms with van der Waals surface area (Å²) in [5.41, 5.74) is 2.31. The van der Waals surface area contributed by atoms with Gasteiger partial charge in [-0.2, -0.15) is 0 Å². The van der Waals surface area contributed by atoms with E-state index in [4.69, 9.17) is 9.47 Å². The van der Waals surface area contributed by atoms with E-state index in [-0.39, 0.29) is 23.8 Å². The third kappa shape index (κ3) is 4.34. The van der Waals surface area contributed by atoms with Gasteiger partial charge in [-0.25, -0.2) is 4.79 Å². The minimum atomic E-state index is -0.460. The van der Waals surface area contributed by atoms with Crippen LogP contribution in [0.15, 0.2) is 72.5 Å². The van der Waals surface area contributed by atoms with Crippen molar-refractivity contribution in [3.63, 3.8) is 0 Å². The Morgan fingerprint density at radius 1 is 1.06 bits per heavy atom. The highest BCUT2D eigenvalue weighted by molar-refractivity contribution is 6.14. The molecular weight excluding hydrogens is 414 g/mol. The molecule has 1 aliphatic heterocycles. The number of carbonyl (C=O) groups is 2. The Morgan fingerprint density at radius 3 is 2.44 bits per heavy atom. The first-order valence-corrected chi connectivity index (χ1v) is 9.57. The zero-order valence-electron chi connectivity index (χ0n) is 16.9. The van der Waals surface area contributed by atoms with Gasteiger partial charge < -0.3 is 14.2 Å². The molecule has 0 N–H and O–H groups in total. The summed E-state index contributed by atoms with van der Waals surface area (Å²) in [6, 6.07) is 17.6. The first-order valence-electron chi connectivity index (χ1n) is 9.57. The van der Waals surface area contributed by atoms with Crippen molar-refractivity contribution < 1.29 is 28.7 Å². The van der Waals surface area contributed by atoms with E-state index in [2.05, 4.69) is 4.74 Å². The standard InChI is InChI=1S/C24H17NO7/c1-30-24(27)17-6-2-15(3-7-17)12-22-23(26)20-11-10-19(13-21(20)32-22)31-14-16-4-8-18(9-5-16)25(28)29/h2-13H,14H2,1H3. The summed E-state index contributed by atoms with van der Waals surface area (Å²) in [6.07, 6.45) is 1.60. The van der Waals surface area contributed by atoms with Crippen LogP contribution < -0.4 is 9.47 Å². The van der Waals surface area contributed by atoms with Crippen molar-refractivity contribution in [2.45, 2.75) is 6.61 Å². The molecule has 3 aromatic rings. The lowest BCUT2D eigenvalue weighted by atomic mass is 10.1. The van der Waals surface area contributed by atoms with Crippen LogP contribution in [0.1, 0.15) is 31.8 Å². The quantitative estimate of drug-likeness (QED) is 0.243. The lowest BCUT2D eigenvalue weighted by Gasteiger charge is -2.07. The number of hydrogen-bond donors (Lipinski definition) is 0. The maximum atomic E-state index is 12.6. The number of carbonyl (C=O) groups excluding carboxylic acids is 2. The summed E-state index contributed by atoms with van der Waals surface area (Å²) in [7, 11) is 1.31. The molecule has 8 nitrogen and oxygen atoms in total. The number of esters is 1. The Hall–Kier alpha value is -4.46. The van der Waals surface area contributed by atoms with E-state index in [0.717, 1.165) is 5.56 Å². The zero-order chi connectivity index (χ0) is 22.7. The third-order valence-electron chi connectivity index (χ3n) is 4.82. The number of methoxy groups -OCH3 is 1. The Balaban J connectivity index is 1.45. The summed E-state index contributed by atoms with van der Waals surface area (Å²) >= 11 is 0. The van der Waals surface area contributed by atoms with Gasteiger partial charge in [0.25, 0.3) is 5.69 Å². The number of ether oxygens (including phenoxy) is 3. The van der Waals surface area contributed by atoms with Crippen molar-refractivity contribution in [3.8, 4) is 11.5 Å². The van der Waals surface area contributed by atoms with E-state index in [9.17, 15) is 19.7 Å². The number of ketones is 1. The number of allylic oxidation sites excluding steroid dienone is 1. The van der Waals surface area contributed by atoms with E-state index in [1.165, 1.54) is 19.2 Å². The van der Waals surface area contributed by atoms with Gasteiger partial charge in [-0.3, -0.25) is 14.9 Å². The predicted molar refractivity (Wildman–Crippen MR) is 115 cm³/mol. The maximum Gasteiger partial charge on any atom is 0.337 e. The second-order valence-electron chi connectivity index (χ2n) is 6.92. The van der Waals surface area contributed by atoms with E-state index in [0.29, 0.717) is 28.2 Å². The van der Waals surface area contributed by atoms with Crippen molar-refractivity contribution in [3.05, 3.63) is 105 Å². The summed E-state index contributed by atoms with van der Waals surface area (Å²) in [6.45, 7) is 0.208. The van der Waals surface area contributed by atoms with Crippen LogP contribution in [-0.4, -0.2) is 23.8 Å². The zero-order valence-corrected chi connectivity index (χ0v) is 16.9. The molecular formula is C24H17NO7. The molecule has 160 valence electrons. The second-order valence-corrected chi connectivity index (χ2v) is 6.92. The smallest absolute Gasteiger partial charge is 0.337 e. The van der Waals surface area contributed by atoms with Crippen molar-refractivity contribution in [2.24, 2.45) is 0 Å². The fourth-order valence-corrected chi connectivity index (χ4v) is 3.12. The van der Waals surface area contributed by atoms with E-state index < -0.39 is 10.9 Å². The van der Waals surface area contributed by atoms with Crippen LogP contribution >= 0.6 is 0 Å². The number of nitrogens with zero attached hydrogens (tertiary/aromatic N) is 1. The number of benzene rings is 3. The first-order chi connectivity index (χ1) is 15.4. The van der Waals surface area contributed by atoms with Crippen LogP contribution in [-0.2, 0) is 11.3 Å². The molecule has 0 radical (unpaired) electrons. The molecule has 32 heavy (non-hydrogen) atoms. The largest absolute Gasteiger partial charge is 0.489 e.